The number of nitrogens with zero attached hydrogens (tertiary/aromatic N) is 2. The molecule has 0 aliphatic carbocycles. The van der Waals surface area contributed by atoms with E-state index in [1.807, 2.05) is 18.2 Å². The first-order valence-electron chi connectivity index (χ1n) is 10.6. The molecule has 10 heteroatoms. The van der Waals surface area contributed by atoms with Crippen LogP contribution in [0.5, 0.6) is 5.75 Å². The van der Waals surface area contributed by atoms with Crippen molar-refractivity contribution < 1.29 is 27.5 Å². The van der Waals surface area contributed by atoms with Crippen molar-refractivity contribution in [3.63, 3.8) is 0 Å². The van der Waals surface area contributed by atoms with Gasteiger partial charge in [-0.3, -0.25) is 4.79 Å². The molecule has 1 N–H and O–H groups in total. The van der Waals surface area contributed by atoms with Crippen LogP contribution in [0.25, 0.3) is 0 Å². The van der Waals surface area contributed by atoms with E-state index >= 15 is 0 Å². The lowest BCUT2D eigenvalue weighted by molar-refractivity contribution is -0.274. The van der Waals surface area contributed by atoms with Crippen molar-refractivity contribution in [3.05, 3.63) is 59.1 Å². The van der Waals surface area contributed by atoms with Crippen LogP contribution in [0.4, 0.5) is 23.7 Å². The summed E-state index contributed by atoms with van der Waals surface area (Å²) in [6, 6.07) is 12.4. The molecule has 2 fully saturated rings. The Labute approximate surface area is 194 Å². The highest BCUT2D eigenvalue weighted by Gasteiger charge is 2.49. The molecule has 2 aliphatic rings. The van der Waals surface area contributed by atoms with Gasteiger partial charge in [-0.1, -0.05) is 29.8 Å². The lowest BCUT2D eigenvalue weighted by Gasteiger charge is -2.37. The quantitative estimate of drug-likeness (QED) is 0.671. The van der Waals surface area contributed by atoms with Crippen molar-refractivity contribution in [1.82, 2.24) is 10.2 Å². The number of alkyl halides is 3. The second-order valence-electron chi connectivity index (χ2n) is 8.27. The Morgan fingerprint density at radius 3 is 2.30 bits per heavy atom. The van der Waals surface area contributed by atoms with Crippen molar-refractivity contribution in [2.24, 2.45) is 5.41 Å². The molecule has 6 nitrogen and oxygen atoms in total. The molecule has 33 heavy (non-hydrogen) atoms. The molecule has 0 unspecified atom stereocenters. The van der Waals surface area contributed by atoms with Crippen LogP contribution in [0.1, 0.15) is 24.8 Å². The maximum atomic E-state index is 13.2. The van der Waals surface area contributed by atoms with Crippen LogP contribution in [-0.4, -0.2) is 42.8 Å². The van der Waals surface area contributed by atoms with Crippen molar-refractivity contribution in [2.75, 3.05) is 24.5 Å². The number of nitrogens with one attached hydrogen (secondary N) is 1. The van der Waals surface area contributed by atoms with Crippen molar-refractivity contribution in [1.29, 1.82) is 0 Å². The van der Waals surface area contributed by atoms with Gasteiger partial charge in [0.15, 0.2) is 0 Å². The van der Waals surface area contributed by atoms with E-state index in [2.05, 4.69) is 10.1 Å². The van der Waals surface area contributed by atoms with Crippen LogP contribution in [0.3, 0.4) is 0 Å². The molecule has 2 saturated heterocycles. The fourth-order valence-electron chi connectivity index (χ4n) is 4.42. The largest absolute Gasteiger partial charge is 0.573 e. The third-order valence-electron chi connectivity index (χ3n) is 6.29. The summed E-state index contributed by atoms with van der Waals surface area (Å²) in [5.41, 5.74) is 0.807. The molecule has 2 aromatic rings. The van der Waals surface area contributed by atoms with Gasteiger partial charge in [0.2, 0.25) is 5.91 Å². The number of anilines is 1. The van der Waals surface area contributed by atoms with Crippen LogP contribution in [0, 0.1) is 5.41 Å². The van der Waals surface area contributed by atoms with E-state index in [4.69, 9.17) is 11.6 Å². The molecule has 2 heterocycles. The van der Waals surface area contributed by atoms with Gasteiger partial charge >= 0.3 is 12.4 Å². The number of piperidine rings is 1. The predicted molar refractivity (Wildman–Crippen MR) is 117 cm³/mol. The van der Waals surface area contributed by atoms with E-state index in [0.29, 0.717) is 56.2 Å². The second-order valence-corrected chi connectivity index (χ2v) is 8.67. The number of amides is 3. The number of hydrogen-bond acceptors (Lipinski definition) is 3. The smallest absolute Gasteiger partial charge is 0.406 e. The maximum Gasteiger partial charge on any atom is 0.573 e. The highest BCUT2D eigenvalue weighted by Crippen LogP contribution is 2.43. The van der Waals surface area contributed by atoms with E-state index in [9.17, 15) is 22.8 Å². The summed E-state index contributed by atoms with van der Waals surface area (Å²) < 4.78 is 41.0. The number of benzene rings is 2. The van der Waals surface area contributed by atoms with Gasteiger partial charge in [0.05, 0.1) is 5.41 Å². The van der Waals surface area contributed by atoms with Crippen LogP contribution < -0.4 is 15.0 Å². The lowest BCUT2D eigenvalue weighted by Crippen LogP contribution is -2.49. The van der Waals surface area contributed by atoms with Crippen LogP contribution in [0.15, 0.2) is 48.5 Å². The summed E-state index contributed by atoms with van der Waals surface area (Å²) in [6.07, 6.45) is -3.04. The minimum absolute atomic E-state index is 0.0527. The number of urea groups is 1. The first-order chi connectivity index (χ1) is 15.7. The Morgan fingerprint density at radius 2 is 1.67 bits per heavy atom. The lowest BCUT2D eigenvalue weighted by atomic mass is 9.77. The van der Waals surface area contributed by atoms with Crippen molar-refractivity contribution in [2.45, 2.75) is 32.2 Å². The van der Waals surface area contributed by atoms with E-state index in [1.165, 1.54) is 24.3 Å². The zero-order chi connectivity index (χ0) is 23.6. The normalized spacial score (nSPS) is 18.0. The Bertz CT molecular complexity index is 1020. The molecule has 1 spiro atoms. The number of rotatable bonds is 4. The molecule has 0 atom stereocenters. The standard InChI is InChI=1S/C23H23ClF3N3O3/c24-19-4-2-1-3-16(19)15-28-21(32)29-12-9-22(10-13-29)11-14-30(20(22)31)17-5-7-18(8-6-17)33-23(25,26)27/h1-8H,9-15H2,(H,28,32). The fourth-order valence-corrected chi connectivity index (χ4v) is 4.62. The van der Waals surface area contributed by atoms with Gasteiger partial charge in [-0.2, -0.15) is 0 Å². The second kappa shape index (κ2) is 9.13. The van der Waals surface area contributed by atoms with Crippen LogP contribution in [0.2, 0.25) is 5.02 Å². The Hall–Kier alpha value is -2.94. The van der Waals surface area contributed by atoms with Crippen LogP contribution in [-0.2, 0) is 11.3 Å². The minimum atomic E-state index is -4.76. The molecule has 3 amide bonds. The van der Waals surface area contributed by atoms with E-state index < -0.39 is 11.8 Å². The Morgan fingerprint density at radius 1 is 1.03 bits per heavy atom. The van der Waals surface area contributed by atoms with E-state index in [-0.39, 0.29) is 17.7 Å². The average molecular weight is 482 g/mol. The van der Waals surface area contributed by atoms with Gasteiger partial charge in [0, 0.05) is 36.9 Å². The van der Waals surface area contributed by atoms with Gasteiger partial charge in [0.1, 0.15) is 5.75 Å². The zero-order valence-electron chi connectivity index (χ0n) is 17.7. The molecular weight excluding hydrogens is 459 g/mol. The molecule has 2 aliphatic heterocycles. The summed E-state index contributed by atoms with van der Waals surface area (Å²) in [5, 5.41) is 3.46. The average Bonchev–Trinajstić information content (AvgIpc) is 3.09. The number of carbonyl (C=O) groups excluding carboxylic acids is 2. The number of likely N-dealkylation sites (tertiary alicyclic amines) is 1. The van der Waals surface area contributed by atoms with Gasteiger partial charge in [-0.25, -0.2) is 4.79 Å². The Balaban J connectivity index is 1.32. The molecule has 0 aromatic heterocycles. The van der Waals surface area contributed by atoms with Gasteiger partial charge in [0.25, 0.3) is 0 Å². The summed E-state index contributed by atoms with van der Waals surface area (Å²) in [7, 11) is 0. The molecule has 176 valence electrons. The molecule has 0 saturated carbocycles. The zero-order valence-corrected chi connectivity index (χ0v) is 18.5. The van der Waals surface area contributed by atoms with E-state index in [1.54, 1.807) is 15.9 Å². The number of carbonyl (C=O) groups is 2. The third kappa shape index (κ3) is 5.19. The molecule has 2 aromatic carbocycles. The van der Waals surface area contributed by atoms with E-state index in [0.717, 1.165) is 5.56 Å². The van der Waals surface area contributed by atoms with Crippen molar-refractivity contribution in [3.8, 4) is 5.75 Å². The molecule has 0 bridgehead atoms. The summed E-state index contributed by atoms with van der Waals surface area (Å²) in [4.78, 5) is 29.1. The highest BCUT2D eigenvalue weighted by atomic mass is 35.5. The summed E-state index contributed by atoms with van der Waals surface area (Å²) in [5.74, 6) is -0.383. The SMILES string of the molecule is O=C(NCc1ccccc1Cl)N1CCC2(CC1)CCN(c1ccc(OC(F)(F)F)cc1)C2=O. The molecule has 4 rings (SSSR count). The number of ether oxygens (including phenoxy) is 1. The van der Waals surface area contributed by atoms with Gasteiger partial charge < -0.3 is 19.9 Å². The van der Waals surface area contributed by atoms with Crippen molar-refractivity contribution >= 4 is 29.2 Å². The maximum absolute atomic E-state index is 13.2. The first-order valence-corrected chi connectivity index (χ1v) is 11.0. The third-order valence-corrected chi connectivity index (χ3v) is 6.66. The highest BCUT2D eigenvalue weighted by molar-refractivity contribution is 6.31. The topological polar surface area (TPSA) is 61.9 Å². The predicted octanol–water partition coefficient (Wildman–Crippen LogP) is 4.97. The number of hydrogen-bond donors (Lipinski definition) is 1. The molecular formula is C23H23ClF3N3O3. The van der Waals surface area contributed by atoms with Gasteiger partial charge in [-0.05, 0) is 55.2 Å². The van der Waals surface area contributed by atoms with Gasteiger partial charge in [-0.15, -0.1) is 13.2 Å². The number of halogens is 4. The fraction of sp³-hybridized carbons (Fsp3) is 0.391. The molecule has 0 radical (unpaired) electrons. The summed E-state index contributed by atoms with van der Waals surface area (Å²) >= 11 is 6.13. The first kappa shape index (κ1) is 23.2. The van der Waals surface area contributed by atoms with Crippen LogP contribution >= 0.6 is 11.6 Å². The minimum Gasteiger partial charge on any atom is -0.406 e. The summed E-state index contributed by atoms with van der Waals surface area (Å²) in [6.45, 7) is 1.70. The Kier molecular flexibility index (Phi) is 6.43. The monoisotopic (exact) mass is 481 g/mol.